The normalized spacial score (nSPS) is 9.42. The highest BCUT2D eigenvalue weighted by molar-refractivity contribution is 5.88. The molecule has 0 aliphatic carbocycles. The zero-order valence-corrected chi connectivity index (χ0v) is 6.79. The molecule has 0 aliphatic rings. The summed E-state index contributed by atoms with van der Waals surface area (Å²) >= 11 is 0. The zero-order valence-electron chi connectivity index (χ0n) is 6.79. The monoisotopic (exact) mass is 165 g/mol. The molecule has 1 aromatic rings. The number of aryl methyl sites for hydroxylation is 1. The molecule has 5 N–H and O–H groups in total. The molecule has 0 radical (unpaired) electrons. The van der Waals surface area contributed by atoms with Crippen LogP contribution in [-0.4, -0.2) is 6.03 Å². The number of urea groups is 1. The van der Waals surface area contributed by atoms with Crippen LogP contribution in [0.3, 0.4) is 0 Å². The average molecular weight is 165 g/mol. The van der Waals surface area contributed by atoms with Crippen LogP contribution in [0, 0.1) is 6.92 Å². The Bertz CT molecular complexity index is 289. The summed E-state index contributed by atoms with van der Waals surface area (Å²) in [6, 6.07) is 4.67. The molecule has 1 aromatic carbocycles. The maximum Gasteiger partial charge on any atom is 0.316 e. The lowest BCUT2D eigenvalue weighted by molar-refractivity contribution is 0.259. The Kier molecular flexibility index (Phi) is 2.19. The summed E-state index contributed by atoms with van der Waals surface area (Å²) in [4.78, 5) is 10.5. The SMILES string of the molecule is Cc1cc(N)cc(NC(N)=O)c1. The summed E-state index contributed by atoms with van der Waals surface area (Å²) < 4.78 is 0. The van der Waals surface area contributed by atoms with Crippen molar-refractivity contribution in [2.24, 2.45) is 5.73 Å². The Balaban J connectivity index is 2.93. The first-order valence-electron chi connectivity index (χ1n) is 3.51. The molecule has 2 amide bonds. The van der Waals surface area contributed by atoms with Crippen molar-refractivity contribution in [1.29, 1.82) is 0 Å². The third-order valence-electron chi connectivity index (χ3n) is 1.37. The van der Waals surface area contributed by atoms with E-state index in [2.05, 4.69) is 5.32 Å². The lowest BCUT2D eigenvalue weighted by atomic mass is 10.2. The van der Waals surface area contributed by atoms with Gasteiger partial charge in [-0.15, -0.1) is 0 Å². The Morgan fingerprint density at radius 2 is 2.08 bits per heavy atom. The molecule has 1 rings (SSSR count). The van der Waals surface area contributed by atoms with Crippen molar-refractivity contribution in [3.63, 3.8) is 0 Å². The molecule has 0 aliphatic heterocycles. The second kappa shape index (κ2) is 3.13. The quantitative estimate of drug-likeness (QED) is 0.544. The third-order valence-corrected chi connectivity index (χ3v) is 1.37. The fourth-order valence-electron chi connectivity index (χ4n) is 1.03. The number of primary amides is 1. The van der Waals surface area contributed by atoms with E-state index in [0.717, 1.165) is 5.56 Å². The molecule has 0 heterocycles. The van der Waals surface area contributed by atoms with Crippen molar-refractivity contribution < 1.29 is 4.79 Å². The van der Waals surface area contributed by atoms with Crippen LogP contribution < -0.4 is 16.8 Å². The van der Waals surface area contributed by atoms with Gasteiger partial charge in [-0.25, -0.2) is 4.79 Å². The van der Waals surface area contributed by atoms with E-state index in [1.165, 1.54) is 0 Å². The number of carbonyl (C=O) groups is 1. The summed E-state index contributed by atoms with van der Waals surface area (Å²) in [6.45, 7) is 1.89. The van der Waals surface area contributed by atoms with Gasteiger partial charge in [0.05, 0.1) is 0 Å². The van der Waals surface area contributed by atoms with Crippen LogP contribution in [0.1, 0.15) is 5.56 Å². The van der Waals surface area contributed by atoms with Crippen LogP contribution in [0.4, 0.5) is 16.2 Å². The van der Waals surface area contributed by atoms with Crippen molar-refractivity contribution in [3.05, 3.63) is 23.8 Å². The van der Waals surface area contributed by atoms with Gasteiger partial charge in [0.15, 0.2) is 0 Å². The summed E-state index contributed by atoms with van der Waals surface area (Å²) in [5.41, 5.74) is 12.7. The highest BCUT2D eigenvalue weighted by Crippen LogP contribution is 2.15. The highest BCUT2D eigenvalue weighted by Gasteiger charge is 1.97. The minimum absolute atomic E-state index is 0.583. The molecule has 0 saturated heterocycles. The number of rotatable bonds is 1. The Morgan fingerprint density at radius 1 is 1.42 bits per heavy atom. The van der Waals surface area contributed by atoms with E-state index in [4.69, 9.17) is 11.5 Å². The summed E-state index contributed by atoms with van der Waals surface area (Å²) in [5.74, 6) is 0. The van der Waals surface area contributed by atoms with Crippen LogP contribution in [0.15, 0.2) is 18.2 Å². The fourth-order valence-corrected chi connectivity index (χ4v) is 1.03. The molecular weight excluding hydrogens is 154 g/mol. The molecule has 12 heavy (non-hydrogen) atoms. The van der Waals surface area contributed by atoms with Crippen molar-refractivity contribution in [2.75, 3.05) is 11.1 Å². The fraction of sp³-hybridized carbons (Fsp3) is 0.125. The van der Waals surface area contributed by atoms with Gasteiger partial charge in [-0.1, -0.05) is 0 Å². The van der Waals surface area contributed by atoms with E-state index in [9.17, 15) is 4.79 Å². The van der Waals surface area contributed by atoms with Crippen molar-refractivity contribution in [3.8, 4) is 0 Å². The van der Waals surface area contributed by atoms with Crippen LogP contribution in [0.2, 0.25) is 0 Å². The highest BCUT2D eigenvalue weighted by atomic mass is 16.2. The van der Waals surface area contributed by atoms with Gasteiger partial charge < -0.3 is 16.8 Å². The van der Waals surface area contributed by atoms with Crippen LogP contribution in [-0.2, 0) is 0 Å². The zero-order chi connectivity index (χ0) is 9.14. The van der Waals surface area contributed by atoms with Crippen molar-refractivity contribution in [1.82, 2.24) is 0 Å². The maximum atomic E-state index is 10.5. The number of nitrogen functional groups attached to an aromatic ring is 1. The summed E-state index contributed by atoms with van der Waals surface area (Å²) in [5, 5.41) is 2.45. The van der Waals surface area contributed by atoms with Gasteiger partial charge in [0.1, 0.15) is 0 Å². The first-order valence-corrected chi connectivity index (χ1v) is 3.51. The Labute approximate surface area is 70.6 Å². The molecule has 4 nitrogen and oxygen atoms in total. The second-order valence-corrected chi connectivity index (χ2v) is 2.62. The standard InChI is InChI=1S/C8H11N3O/c1-5-2-6(9)4-7(3-5)11-8(10)12/h2-4H,9H2,1H3,(H3,10,11,12). The minimum Gasteiger partial charge on any atom is -0.399 e. The Morgan fingerprint density at radius 3 is 2.58 bits per heavy atom. The minimum atomic E-state index is -0.583. The predicted octanol–water partition coefficient (Wildman–Crippen LogP) is 1.07. The third kappa shape index (κ3) is 2.16. The van der Waals surface area contributed by atoms with Crippen LogP contribution in [0.25, 0.3) is 0 Å². The molecule has 64 valence electrons. The lowest BCUT2D eigenvalue weighted by Crippen LogP contribution is -2.19. The van der Waals surface area contributed by atoms with Crippen molar-refractivity contribution in [2.45, 2.75) is 6.92 Å². The molecule has 0 saturated carbocycles. The van der Waals surface area contributed by atoms with Crippen LogP contribution >= 0.6 is 0 Å². The first-order chi connectivity index (χ1) is 5.58. The number of hydrogen-bond donors (Lipinski definition) is 3. The van der Waals surface area contributed by atoms with E-state index >= 15 is 0 Å². The number of nitrogens with two attached hydrogens (primary N) is 2. The second-order valence-electron chi connectivity index (χ2n) is 2.62. The summed E-state index contributed by atoms with van der Waals surface area (Å²) in [6.07, 6.45) is 0. The number of anilines is 2. The van der Waals surface area contributed by atoms with Crippen molar-refractivity contribution >= 4 is 17.4 Å². The molecule has 0 atom stereocenters. The van der Waals surface area contributed by atoms with E-state index in [1.807, 2.05) is 13.0 Å². The number of benzene rings is 1. The lowest BCUT2D eigenvalue weighted by Gasteiger charge is -2.03. The number of hydrogen-bond acceptors (Lipinski definition) is 2. The smallest absolute Gasteiger partial charge is 0.316 e. The number of carbonyl (C=O) groups excluding carboxylic acids is 1. The largest absolute Gasteiger partial charge is 0.399 e. The summed E-state index contributed by atoms with van der Waals surface area (Å²) in [7, 11) is 0. The van der Waals surface area contributed by atoms with Gasteiger partial charge in [0.2, 0.25) is 0 Å². The van der Waals surface area contributed by atoms with Crippen LogP contribution in [0.5, 0.6) is 0 Å². The first kappa shape index (κ1) is 8.39. The van der Waals surface area contributed by atoms with Gasteiger partial charge in [0, 0.05) is 11.4 Å². The molecule has 0 spiro atoms. The predicted molar refractivity (Wildman–Crippen MR) is 48.8 cm³/mol. The topological polar surface area (TPSA) is 81.1 Å². The number of nitrogens with one attached hydrogen (secondary N) is 1. The van der Waals surface area contributed by atoms with Gasteiger partial charge in [-0.3, -0.25) is 0 Å². The molecule has 0 fully saturated rings. The van der Waals surface area contributed by atoms with Gasteiger partial charge >= 0.3 is 6.03 Å². The molecule has 0 aromatic heterocycles. The van der Waals surface area contributed by atoms with E-state index in [0.29, 0.717) is 11.4 Å². The van der Waals surface area contributed by atoms with Gasteiger partial charge in [-0.2, -0.15) is 0 Å². The van der Waals surface area contributed by atoms with E-state index in [-0.39, 0.29) is 0 Å². The molecule has 0 bridgehead atoms. The van der Waals surface area contributed by atoms with Gasteiger partial charge in [0.25, 0.3) is 0 Å². The average Bonchev–Trinajstić information content (AvgIpc) is 1.81. The molecular formula is C8H11N3O. The number of amides is 2. The van der Waals surface area contributed by atoms with E-state index in [1.54, 1.807) is 12.1 Å². The van der Waals surface area contributed by atoms with Gasteiger partial charge in [-0.05, 0) is 30.7 Å². The van der Waals surface area contributed by atoms with E-state index < -0.39 is 6.03 Å². The molecule has 0 unspecified atom stereocenters. The Hall–Kier alpha value is -1.71. The molecule has 4 heteroatoms. The maximum absolute atomic E-state index is 10.5.